The molecule has 0 radical (unpaired) electrons. The lowest BCUT2D eigenvalue weighted by atomic mass is 9.48. The Kier molecular flexibility index (Phi) is 3.28. The van der Waals surface area contributed by atoms with Crippen LogP contribution in [0.2, 0.25) is 0 Å². The number of hydrogen-bond acceptors (Lipinski definition) is 3. The molecule has 3 aliphatic carbocycles. The third kappa shape index (κ3) is 1.88. The lowest BCUT2D eigenvalue weighted by Gasteiger charge is -2.59. The summed E-state index contributed by atoms with van der Waals surface area (Å²) in [4.78, 5) is 13.9. The minimum Gasteiger partial charge on any atom is -0.393 e. The predicted octanol–water partition coefficient (Wildman–Crippen LogP) is 2.31. The van der Waals surface area contributed by atoms with Crippen LogP contribution in [0.4, 0.5) is 0 Å². The summed E-state index contributed by atoms with van der Waals surface area (Å²) in [6.45, 7) is 4.42. The van der Waals surface area contributed by atoms with Gasteiger partial charge in [0.25, 0.3) is 0 Å². The van der Waals surface area contributed by atoms with Gasteiger partial charge >= 0.3 is 0 Å². The van der Waals surface area contributed by atoms with E-state index in [1.807, 2.05) is 11.9 Å². The van der Waals surface area contributed by atoms with Gasteiger partial charge in [0.05, 0.1) is 12.2 Å². The van der Waals surface area contributed by atoms with Gasteiger partial charge in [-0.15, -0.1) is 0 Å². The van der Waals surface area contributed by atoms with Crippen molar-refractivity contribution in [2.45, 2.75) is 64.6 Å². The molecule has 7 unspecified atom stereocenters. The van der Waals surface area contributed by atoms with Crippen molar-refractivity contribution in [2.24, 2.45) is 28.6 Å². The van der Waals surface area contributed by atoms with E-state index in [0.717, 1.165) is 31.4 Å². The van der Waals surface area contributed by atoms with Crippen molar-refractivity contribution in [1.82, 2.24) is 4.90 Å². The fourth-order valence-corrected chi connectivity index (χ4v) is 6.69. The molecule has 0 spiro atoms. The number of carbonyl (C=O) groups is 1. The van der Waals surface area contributed by atoms with E-state index < -0.39 is 0 Å². The van der Waals surface area contributed by atoms with E-state index in [4.69, 9.17) is 0 Å². The molecule has 1 heterocycles. The molecule has 0 bridgehead atoms. The summed E-state index contributed by atoms with van der Waals surface area (Å²) in [7, 11) is 1.88. The summed E-state index contributed by atoms with van der Waals surface area (Å²) in [5.41, 5.74) is 0.870. The molecule has 1 saturated heterocycles. The number of fused-ring (bicyclic) bond motifs is 5. The SMILES string of the molecule is CN1C(=O)CCC2(C)C1=CCC1C2C(O)CC2(C)C(O)CCC12. The molecule has 0 aromatic rings. The van der Waals surface area contributed by atoms with Crippen molar-refractivity contribution in [3.05, 3.63) is 11.8 Å². The minimum absolute atomic E-state index is 0.111. The number of amides is 1. The highest BCUT2D eigenvalue weighted by molar-refractivity contribution is 5.79. The summed E-state index contributed by atoms with van der Waals surface area (Å²) in [5, 5.41) is 21.5. The van der Waals surface area contributed by atoms with Gasteiger partial charge in [0.2, 0.25) is 5.91 Å². The van der Waals surface area contributed by atoms with Gasteiger partial charge in [0.1, 0.15) is 0 Å². The first kappa shape index (κ1) is 15.6. The van der Waals surface area contributed by atoms with E-state index in [-0.39, 0.29) is 34.9 Å². The molecule has 0 aromatic carbocycles. The van der Waals surface area contributed by atoms with Crippen LogP contribution in [-0.4, -0.2) is 40.3 Å². The Morgan fingerprint density at radius 1 is 1.26 bits per heavy atom. The van der Waals surface area contributed by atoms with Gasteiger partial charge in [0, 0.05) is 24.6 Å². The highest BCUT2D eigenvalue weighted by atomic mass is 16.3. The van der Waals surface area contributed by atoms with Crippen molar-refractivity contribution in [2.75, 3.05) is 7.05 Å². The quantitative estimate of drug-likeness (QED) is 0.720. The topological polar surface area (TPSA) is 60.8 Å². The van der Waals surface area contributed by atoms with Gasteiger partial charge in [0.15, 0.2) is 0 Å². The third-order valence-electron chi connectivity index (χ3n) is 7.90. The molecule has 1 aliphatic heterocycles. The average Bonchev–Trinajstić information content (AvgIpc) is 2.78. The van der Waals surface area contributed by atoms with E-state index in [2.05, 4.69) is 19.9 Å². The standard InChI is InChI=1S/C19H29NO3/c1-18-9-8-16(23)20(3)14(18)6-4-11-12-5-7-15(22)19(12,2)10-13(21)17(11)18/h6,11-13,15,17,21-22H,4-5,7-10H2,1-3H3. The maximum atomic E-state index is 12.1. The van der Waals surface area contributed by atoms with Crippen LogP contribution >= 0.6 is 0 Å². The van der Waals surface area contributed by atoms with Gasteiger partial charge in [-0.25, -0.2) is 0 Å². The first-order chi connectivity index (χ1) is 10.8. The molecule has 23 heavy (non-hydrogen) atoms. The normalized spacial score (nSPS) is 52.6. The van der Waals surface area contributed by atoms with Crippen molar-refractivity contribution in [1.29, 1.82) is 0 Å². The second-order valence-corrected chi connectivity index (χ2v) is 8.86. The molecule has 4 aliphatic rings. The van der Waals surface area contributed by atoms with Gasteiger partial charge < -0.3 is 15.1 Å². The summed E-state index contributed by atoms with van der Waals surface area (Å²) in [6, 6.07) is 0. The Labute approximate surface area is 138 Å². The van der Waals surface area contributed by atoms with Crippen LogP contribution in [0.25, 0.3) is 0 Å². The maximum absolute atomic E-state index is 12.1. The van der Waals surface area contributed by atoms with Crippen LogP contribution in [-0.2, 0) is 4.79 Å². The number of likely N-dealkylation sites (tertiary alicyclic amines) is 1. The summed E-state index contributed by atoms with van der Waals surface area (Å²) >= 11 is 0. The van der Waals surface area contributed by atoms with Crippen LogP contribution in [0.15, 0.2) is 11.8 Å². The molecule has 2 N–H and O–H groups in total. The molecule has 1 amide bonds. The monoisotopic (exact) mass is 319 g/mol. The molecule has 7 atom stereocenters. The minimum atomic E-state index is -0.385. The largest absolute Gasteiger partial charge is 0.393 e. The van der Waals surface area contributed by atoms with Crippen LogP contribution in [0.5, 0.6) is 0 Å². The third-order valence-corrected chi connectivity index (χ3v) is 7.90. The van der Waals surface area contributed by atoms with Crippen LogP contribution in [0.3, 0.4) is 0 Å². The van der Waals surface area contributed by atoms with Gasteiger partial charge in [-0.2, -0.15) is 0 Å². The Morgan fingerprint density at radius 2 is 2.00 bits per heavy atom. The first-order valence-electron chi connectivity index (χ1n) is 9.12. The number of piperidine rings is 1. The molecule has 4 heteroatoms. The van der Waals surface area contributed by atoms with Crippen LogP contribution in [0, 0.1) is 28.6 Å². The second kappa shape index (κ2) is 4.82. The highest BCUT2D eigenvalue weighted by Crippen LogP contribution is 2.64. The summed E-state index contributed by atoms with van der Waals surface area (Å²) < 4.78 is 0. The first-order valence-corrected chi connectivity index (χ1v) is 9.12. The second-order valence-electron chi connectivity index (χ2n) is 8.86. The highest BCUT2D eigenvalue weighted by Gasteiger charge is 2.62. The number of nitrogens with zero attached hydrogens (tertiary/aromatic N) is 1. The fourth-order valence-electron chi connectivity index (χ4n) is 6.69. The molecule has 128 valence electrons. The van der Waals surface area contributed by atoms with Gasteiger partial charge in [-0.05, 0) is 55.3 Å². The van der Waals surface area contributed by atoms with E-state index in [1.165, 1.54) is 0 Å². The summed E-state index contributed by atoms with van der Waals surface area (Å²) in [5.74, 6) is 1.32. The van der Waals surface area contributed by atoms with Crippen LogP contribution < -0.4 is 0 Å². The van der Waals surface area contributed by atoms with E-state index in [0.29, 0.717) is 24.7 Å². The van der Waals surface area contributed by atoms with Crippen molar-refractivity contribution >= 4 is 5.91 Å². The number of aliphatic hydroxyl groups excluding tert-OH is 2. The number of allylic oxidation sites excluding steroid dienone is 2. The molecule has 4 nitrogen and oxygen atoms in total. The Balaban J connectivity index is 1.76. The fraction of sp³-hybridized carbons (Fsp3) is 0.842. The molecular weight excluding hydrogens is 290 g/mol. The van der Waals surface area contributed by atoms with Crippen molar-refractivity contribution in [3.8, 4) is 0 Å². The zero-order valence-corrected chi connectivity index (χ0v) is 14.5. The molecule has 4 rings (SSSR count). The lowest BCUT2D eigenvalue weighted by Crippen LogP contribution is -2.58. The van der Waals surface area contributed by atoms with E-state index in [9.17, 15) is 15.0 Å². The number of rotatable bonds is 0. The molecular formula is C19H29NO3. The lowest BCUT2D eigenvalue weighted by molar-refractivity contribution is -0.151. The number of aliphatic hydroxyl groups is 2. The molecule has 2 saturated carbocycles. The van der Waals surface area contributed by atoms with Crippen LogP contribution in [0.1, 0.15) is 52.4 Å². The maximum Gasteiger partial charge on any atom is 0.226 e. The predicted molar refractivity (Wildman–Crippen MR) is 87.3 cm³/mol. The average molecular weight is 319 g/mol. The summed E-state index contributed by atoms with van der Waals surface area (Å²) in [6.07, 6.45) is 6.56. The Bertz CT molecular complexity index is 573. The zero-order chi connectivity index (χ0) is 16.6. The zero-order valence-electron chi connectivity index (χ0n) is 14.5. The smallest absolute Gasteiger partial charge is 0.226 e. The number of hydrogen-bond donors (Lipinski definition) is 2. The van der Waals surface area contributed by atoms with E-state index >= 15 is 0 Å². The molecule has 3 fully saturated rings. The Morgan fingerprint density at radius 3 is 2.74 bits per heavy atom. The molecule has 0 aromatic heterocycles. The van der Waals surface area contributed by atoms with Crippen molar-refractivity contribution in [3.63, 3.8) is 0 Å². The van der Waals surface area contributed by atoms with Crippen molar-refractivity contribution < 1.29 is 15.0 Å². The Hall–Kier alpha value is -0.870. The van der Waals surface area contributed by atoms with Gasteiger partial charge in [-0.3, -0.25) is 4.79 Å². The number of carbonyl (C=O) groups excluding carboxylic acids is 1. The van der Waals surface area contributed by atoms with Gasteiger partial charge in [-0.1, -0.05) is 19.9 Å². The van der Waals surface area contributed by atoms with E-state index in [1.54, 1.807) is 0 Å².